The molecule has 2 aromatic carbocycles. The first-order valence-corrected chi connectivity index (χ1v) is 11.2. The molecule has 0 saturated carbocycles. The molecule has 0 spiro atoms. The molecule has 1 aromatic heterocycles. The average molecular weight is 503 g/mol. The molecule has 9 nitrogen and oxygen atoms in total. The molecular formula is C23H19ClN2O7S. The van der Waals surface area contributed by atoms with Crippen LogP contribution in [0, 0.1) is 17.0 Å². The summed E-state index contributed by atoms with van der Waals surface area (Å²) >= 11 is 6.87. The molecule has 0 saturated heterocycles. The van der Waals surface area contributed by atoms with Crippen molar-refractivity contribution in [1.82, 2.24) is 0 Å². The van der Waals surface area contributed by atoms with Gasteiger partial charge in [-0.15, -0.1) is 11.3 Å². The second-order valence-electron chi connectivity index (χ2n) is 6.99. The number of thiophene rings is 1. The van der Waals surface area contributed by atoms with Crippen molar-refractivity contribution in [3.8, 4) is 11.1 Å². The van der Waals surface area contributed by atoms with E-state index in [1.807, 2.05) is 31.2 Å². The highest BCUT2D eigenvalue weighted by Crippen LogP contribution is 2.36. The highest BCUT2D eigenvalue weighted by atomic mass is 35.5. The number of ether oxygens (including phenoxy) is 2. The van der Waals surface area contributed by atoms with Crippen LogP contribution in [0.25, 0.3) is 11.1 Å². The Morgan fingerprint density at radius 3 is 2.44 bits per heavy atom. The summed E-state index contributed by atoms with van der Waals surface area (Å²) in [4.78, 5) is 47.5. The Morgan fingerprint density at radius 2 is 1.79 bits per heavy atom. The van der Waals surface area contributed by atoms with Gasteiger partial charge in [0, 0.05) is 17.0 Å². The maximum absolute atomic E-state index is 12.6. The molecule has 0 bridgehead atoms. The van der Waals surface area contributed by atoms with Crippen molar-refractivity contribution in [2.75, 3.05) is 18.5 Å². The van der Waals surface area contributed by atoms with Gasteiger partial charge >= 0.3 is 11.9 Å². The summed E-state index contributed by atoms with van der Waals surface area (Å²) < 4.78 is 10.1. The van der Waals surface area contributed by atoms with Crippen LogP contribution in [0.3, 0.4) is 0 Å². The second kappa shape index (κ2) is 10.9. The number of nitro benzene ring substituents is 1. The third-order valence-corrected chi connectivity index (χ3v) is 5.81. The van der Waals surface area contributed by atoms with Gasteiger partial charge in [0.25, 0.3) is 11.6 Å². The highest BCUT2D eigenvalue weighted by Gasteiger charge is 2.23. The van der Waals surface area contributed by atoms with E-state index < -0.39 is 35.1 Å². The topological polar surface area (TPSA) is 125 Å². The van der Waals surface area contributed by atoms with E-state index >= 15 is 0 Å². The number of nitrogens with zero attached hydrogens (tertiary/aromatic N) is 1. The number of benzene rings is 2. The summed E-state index contributed by atoms with van der Waals surface area (Å²) in [5, 5.41) is 15.4. The number of carbonyl (C=O) groups excluding carboxylic acids is 3. The molecule has 3 aromatic rings. The van der Waals surface area contributed by atoms with E-state index in [4.69, 9.17) is 21.1 Å². The molecule has 1 heterocycles. The molecule has 11 heteroatoms. The highest BCUT2D eigenvalue weighted by molar-refractivity contribution is 7.15. The van der Waals surface area contributed by atoms with Gasteiger partial charge in [-0.3, -0.25) is 14.9 Å². The number of halogens is 1. The average Bonchev–Trinajstić information content (AvgIpc) is 3.21. The van der Waals surface area contributed by atoms with Crippen LogP contribution < -0.4 is 5.32 Å². The Labute approximate surface area is 203 Å². The Kier molecular flexibility index (Phi) is 7.98. The van der Waals surface area contributed by atoms with Gasteiger partial charge in [0.1, 0.15) is 15.6 Å². The molecule has 0 unspecified atom stereocenters. The molecule has 3 rings (SSSR count). The number of nitro groups is 1. The van der Waals surface area contributed by atoms with Gasteiger partial charge in [0.05, 0.1) is 17.1 Å². The lowest BCUT2D eigenvalue weighted by Crippen LogP contribution is -2.21. The number of carbonyl (C=O) groups is 3. The van der Waals surface area contributed by atoms with E-state index in [0.717, 1.165) is 28.5 Å². The number of anilines is 1. The molecular weight excluding hydrogens is 484 g/mol. The monoisotopic (exact) mass is 502 g/mol. The molecule has 0 aliphatic rings. The van der Waals surface area contributed by atoms with Crippen LogP contribution in [0.15, 0.2) is 47.8 Å². The molecule has 34 heavy (non-hydrogen) atoms. The Morgan fingerprint density at radius 1 is 1.09 bits per heavy atom. The molecule has 0 aliphatic heterocycles. The summed E-state index contributed by atoms with van der Waals surface area (Å²) in [6, 6.07) is 10.9. The molecule has 1 N–H and O–H groups in total. The van der Waals surface area contributed by atoms with Crippen molar-refractivity contribution in [2.45, 2.75) is 13.8 Å². The van der Waals surface area contributed by atoms with Crippen LogP contribution >= 0.6 is 22.9 Å². The number of amides is 1. The SMILES string of the molecule is CCOC(=O)c1c(-c2ccc(C)cc2)csc1NC(=O)COC(=O)c1ccc(Cl)c([N+](=O)[O-])c1. The minimum Gasteiger partial charge on any atom is -0.462 e. The van der Waals surface area contributed by atoms with Gasteiger partial charge in [-0.25, -0.2) is 9.59 Å². The van der Waals surface area contributed by atoms with Crippen LogP contribution in [-0.2, 0) is 14.3 Å². The predicted molar refractivity (Wildman–Crippen MR) is 127 cm³/mol. The summed E-state index contributed by atoms with van der Waals surface area (Å²) in [5.41, 5.74) is 2.04. The first-order valence-electron chi connectivity index (χ1n) is 9.97. The van der Waals surface area contributed by atoms with Gasteiger partial charge in [0.2, 0.25) is 0 Å². The molecule has 0 atom stereocenters. The summed E-state index contributed by atoms with van der Waals surface area (Å²) in [6.07, 6.45) is 0. The number of esters is 2. The maximum Gasteiger partial charge on any atom is 0.341 e. The van der Waals surface area contributed by atoms with Crippen LogP contribution in [-0.4, -0.2) is 36.0 Å². The molecule has 0 fully saturated rings. The third-order valence-electron chi connectivity index (χ3n) is 4.60. The van der Waals surface area contributed by atoms with Crippen molar-refractivity contribution in [3.05, 3.63) is 79.7 Å². The number of nitrogens with one attached hydrogen (secondary N) is 1. The fraction of sp³-hybridized carbons (Fsp3) is 0.174. The zero-order valence-electron chi connectivity index (χ0n) is 18.1. The van der Waals surface area contributed by atoms with Gasteiger partial charge in [0.15, 0.2) is 6.61 Å². The second-order valence-corrected chi connectivity index (χ2v) is 8.27. The minimum atomic E-state index is -0.938. The predicted octanol–water partition coefficient (Wildman–Crippen LogP) is 5.26. The lowest BCUT2D eigenvalue weighted by atomic mass is 10.0. The standard InChI is InChI=1S/C23H19ClN2O7S/c1-3-32-23(29)20-16(14-6-4-13(2)5-7-14)12-34-21(20)25-19(27)11-33-22(28)15-8-9-17(24)18(10-15)26(30)31/h4-10,12H,3,11H2,1-2H3,(H,25,27). The number of aryl methyl sites for hydroxylation is 1. The van der Waals surface area contributed by atoms with Gasteiger partial charge in [-0.2, -0.15) is 0 Å². The zero-order chi connectivity index (χ0) is 24.8. The largest absolute Gasteiger partial charge is 0.462 e. The fourth-order valence-electron chi connectivity index (χ4n) is 2.96. The minimum absolute atomic E-state index is 0.131. The van der Waals surface area contributed by atoms with E-state index in [-0.39, 0.29) is 27.8 Å². The number of hydrogen-bond donors (Lipinski definition) is 1. The Bertz CT molecular complexity index is 1250. The first kappa shape index (κ1) is 24.9. The van der Waals surface area contributed by atoms with E-state index in [1.165, 1.54) is 12.1 Å². The van der Waals surface area contributed by atoms with Crippen LogP contribution in [0.2, 0.25) is 5.02 Å². The third kappa shape index (κ3) is 5.77. The van der Waals surface area contributed by atoms with Crippen molar-refractivity contribution < 1.29 is 28.8 Å². The normalized spacial score (nSPS) is 10.4. The van der Waals surface area contributed by atoms with Crippen molar-refractivity contribution >= 4 is 51.5 Å². The van der Waals surface area contributed by atoms with E-state index in [0.29, 0.717) is 5.56 Å². The van der Waals surface area contributed by atoms with Crippen LogP contribution in [0.5, 0.6) is 0 Å². The van der Waals surface area contributed by atoms with Gasteiger partial charge in [-0.1, -0.05) is 41.4 Å². The zero-order valence-corrected chi connectivity index (χ0v) is 19.7. The molecule has 0 radical (unpaired) electrons. The summed E-state index contributed by atoms with van der Waals surface area (Å²) in [6.45, 7) is 3.10. The van der Waals surface area contributed by atoms with Gasteiger partial charge in [-0.05, 0) is 31.5 Å². The van der Waals surface area contributed by atoms with Crippen molar-refractivity contribution in [2.24, 2.45) is 0 Å². The van der Waals surface area contributed by atoms with Crippen LogP contribution in [0.1, 0.15) is 33.2 Å². The number of hydrogen-bond acceptors (Lipinski definition) is 8. The van der Waals surface area contributed by atoms with Gasteiger partial charge < -0.3 is 14.8 Å². The molecule has 176 valence electrons. The maximum atomic E-state index is 12.6. The summed E-state index contributed by atoms with van der Waals surface area (Å²) in [5.74, 6) is -2.23. The molecule has 1 amide bonds. The van der Waals surface area contributed by atoms with E-state index in [9.17, 15) is 24.5 Å². The van der Waals surface area contributed by atoms with Crippen LogP contribution in [0.4, 0.5) is 10.7 Å². The molecule has 0 aliphatic carbocycles. The lowest BCUT2D eigenvalue weighted by Gasteiger charge is -2.09. The first-order chi connectivity index (χ1) is 16.2. The van der Waals surface area contributed by atoms with E-state index in [1.54, 1.807) is 12.3 Å². The van der Waals surface area contributed by atoms with Crippen molar-refractivity contribution in [3.63, 3.8) is 0 Å². The van der Waals surface area contributed by atoms with E-state index in [2.05, 4.69) is 5.32 Å². The Hall–Kier alpha value is -3.76. The van der Waals surface area contributed by atoms with Crippen molar-refractivity contribution in [1.29, 1.82) is 0 Å². The summed E-state index contributed by atoms with van der Waals surface area (Å²) in [7, 11) is 0. The lowest BCUT2D eigenvalue weighted by molar-refractivity contribution is -0.384. The Balaban J connectivity index is 1.75. The quantitative estimate of drug-likeness (QED) is 0.253. The number of rotatable bonds is 8. The fourth-order valence-corrected chi connectivity index (χ4v) is 4.12. The smallest absolute Gasteiger partial charge is 0.341 e.